The van der Waals surface area contributed by atoms with Crippen molar-refractivity contribution in [2.75, 3.05) is 39.1 Å². The Morgan fingerprint density at radius 3 is 2.61 bits per heavy atom. The Balaban J connectivity index is 1.27. The van der Waals surface area contributed by atoms with Crippen molar-refractivity contribution in [3.63, 3.8) is 0 Å². The molecule has 0 radical (unpaired) electrons. The predicted octanol–water partition coefficient (Wildman–Crippen LogP) is 4.01. The molecule has 1 N–H and O–H groups in total. The van der Waals surface area contributed by atoms with E-state index in [1.165, 1.54) is 17.7 Å². The number of rotatable bonds is 6. The second-order valence-electron chi connectivity index (χ2n) is 8.90. The van der Waals surface area contributed by atoms with Crippen molar-refractivity contribution in [3.05, 3.63) is 59.9 Å². The number of anilines is 1. The molecule has 2 atom stereocenters. The van der Waals surface area contributed by atoms with Crippen molar-refractivity contribution in [1.29, 1.82) is 0 Å². The van der Waals surface area contributed by atoms with E-state index in [4.69, 9.17) is 4.74 Å². The summed E-state index contributed by atoms with van der Waals surface area (Å²) in [5.41, 5.74) is 1.94. The van der Waals surface area contributed by atoms with Gasteiger partial charge in [0.25, 0.3) is 0 Å². The number of hydrogen-bond donors (Lipinski definition) is 1. The van der Waals surface area contributed by atoms with Crippen molar-refractivity contribution in [1.82, 2.24) is 9.80 Å². The van der Waals surface area contributed by atoms with Gasteiger partial charge in [-0.25, -0.2) is 4.39 Å². The average molecular weight is 426 g/mol. The Bertz CT molecular complexity index is 881. The largest absolute Gasteiger partial charge is 0.497 e. The first-order valence-electron chi connectivity index (χ1n) is 11.1. The summed E-state index contributed by atoms with van der Waals surface area (Å²) >= 11 is 0. The lowest BCUT2D eigenvalue weighted by atomic mass is 9.86. The lowest BCUT2D eigenvalue weighted by Gasteiger charge is -2.37. The fraction of sp³-hybridized carbons (Fsp3) is 0.480. The van der Waals surface area contributed by atoms with Crippen LogP contribution >= 0.6 is 0 Å². The molecule has 0 unspecified atom stereocenters. The van der Waals surface area contributed by atoms with Crippen LogP contribution in [0.2, 0.25) is 0 Å². The van der Waals surface area contributed by atoms with E-state index in [0.29, 0.717) is 17.6 Å². The smallest absolute Gasteiger partial charge is 0.228 e. The highest BCUT2D eigenvalue weighted by Gasteiger charge is 2.39. The second kappa shape index (κ2) is 9.79. The predicted molar refractivity (Wildman–Crippen MR) is 121 cm³/mol. The van der Waals surface area contributed by atoms with Gasteiger partial charge in [0.15, 0.2) is 0 Å². The minimum Gasteiger partial charge on any atom is -0.497 e. The number of nitrogens with one attached hydrogen (secondary N) is 1. The Kier molecular flexibility index (Phi) is 6.88. The molecular weight excluding hydrogens is 393 g/mol. The Morgan fingerprint density at radius 1 is 1.16 bits per heavy atom. The zero-order valence-electron chi connectivity index (χ0n) is 18.4. The molecule has 2 heterocycles. The van der Waals surface area contributed by atoms with Gasteiger partial charge in [-0.05, 0) is 87.3 Å². The summed E-state index contributed by atoms with van der Waals surface area (Å²) in [5.74, 6) is 1.25. The highest BCUT2D eigenvalue weighted by atomic mass is 19.1. The van der Waals surface area contributed by atoms with Crippen molar-refractivity contribution in [3.8, 4) is 5.75 Å². The molecule has 166 valence electrons. The number of nitrogens with zero attached hydrogens (tertiary/aromatic N) is 2. The SMILES string of the molecule is COc1cccc(CN2CCC([C@H]3C[C@H](C(=O)Nc4ccc(F)cc4)CN3C)CC2)c1. The van der Waals surface area contributed by atoms with Crippen molar-refractivity contribution in [2.24, 2.45) is 11.8 Å². The summed E-state index contributed by atoms with van der Waals surface area (Å²) in [6.45, 7) is 3.90. The topological polar surface area (TPSA) is 44.8 Å². The zero-order chi connectivity index (χ0) is 21.8. The first-order valence-corrected chi connectivity index (χ1v) is 11.1. The number of halogens is 1. The van der Waals surface area contributed by atoms with Gasteiger partial charge in [-0.15, -0.1) is 0 Å². The van der Waals surface area contributed by atoms with E-state index >= 15 is 0 Å². The molecule has 1 amide bonds. The van der Waals surface area contributed by atoms with Gasteiger partial charge < -0.3 is 15.0 Å². The number of likely N-dealkylation sites (tertiary alicyclic amines) is 2. The summed E-state index contributed by atoms with van der Waals surface area (Å²) < 4.78 is 18.4. The molecule has 0 saturated carbocycles. The van der Waals surface area contributed by atoms with Crippen molar-refractivity contribution in [2.45, 2.75) is 31.8 Å². The number of piperidine rings is 1. The lowest BCUT2D eigenvalue weighted by Crippen LogP contribution is -2.41. The summed E-state index contributed by atoms with van der Waals surface area (Å²) in [5, 5.41) is 2.95. The molecule has 4 rings (SSSR count). The van der Waals surface area contributed by atoms with Crippen LogP contribution in [0.1, 0.15) is 24.8 Å². The number of hydrogen-bond acceptors (Lipinski definition) is 4. The highest BCUT2D eigenvalue weighted by Crippen LogP contribution is 2.34. The molecular formula is C25H32FN3O2. The first-order chi connectivity index (χ1) is 15.0. The van der Waals surface area contributed by atoms with Gasteiger partial charge >= 0.3 is 0 Å². The fourth-order valence-corrected chi connectivity index (χ4v) is 5.07. The van der Waals surface area contributed by atoms with E-state index in [9.17, 15) is 9.18 Å². The van der Waals surface area contributed by atoms with E-state index in [1.54, 1.807) is 19.2 Å². The molecule has 2 aromatic carbocycles. The Hall–Kier alpha value is -2.44. The van der Waals surface area contributed by atoms with E-state index in [-0.39, 0.29) is 17.6 Å². The highest BCUT2D eigenvalue weighted by molar-refractivity contribution is 5.92. The van der Waals surface area contributed by atoms with Crippen molar-refractivity contribution >= 4 is 11.6 Å². The number of benzene rings is 2. The van der Waals surface area contributed by atoms with E-state index in [2.05, 4.69) is 34.3 Å². The first kappa shape index (κ1) is 21.8. The molecule has 0 aliphatic carbocycles. The Morgan fingerprint density at radius 2 is 1.90 bits per heavy atom. The van der Waals surface area contributed by atoms with E-state index in [1.807, 2.05) is 12.1 Å². The van der Waals surface area contributed by atoms with Crippen LogP contribution in [0.15, 0.2) is 48.5 Å². The van der Waals surface area contributed by atoms with Gasteiger partial charge in [-0.3, -0.25) is 9.69 Å². The molecule has 0 aromatic heterocycles. The van der Waals surface area contributed by atoms with Gasteiger partial charge in [0.05, 0.1) is 13.0 Å². The summed E-state index contributed by atoms with van der Waals surface area (Å²) in [6, 6.07) is 14.7. The normalized spacial score (nSPS) is 23.1. The Labute approximate surface area is 184 Å². The lowest BCUT2D eigenvalue weighted by molar-refractivity contribution is -0.119. The van der Waals surface area contributed by atoms with Crippen LogP contribution in [0.4, 0.5) is 10.1 Å². The molecule has 5 nitrogen and oxygen atoms in total. The monoisotopic (exact) mass is 425 g/mol. The van der Waals surface area contributed by atoms with Crippen LogP contribution in [0.25, 0.3) is 0 Å². The molecule has 0 bridgehead atoms. The number of methoxy groups -OCH3 is 1. The van der Waals surface area contributed by atoms with Crippen LogP contribution in [-0.2, 0) is 11.3 Å². The number of carbonyl (C=O) groups is 1. The molecule has 0 spiro atoms. The number of ether oxygens (including phenoxy) is 1. The van der Waals surface area contributed by atoms with Crippen LogP contribution in [0.5, 0.6) is 5.75 Å². The maximum atomic E-state index is 13.1. The third-order valence-electron chi connectivity index (χ3n) is 6.80. The van der Waals surface area contributed by atoms with Crippen LogP contribution in [0, 0.1) is 17.7 Å². The minimum atomic E-state index is -0.295. The quantitative estimate of drug-likeness (QED) is 0.760. The summed E-state index contributed by atoms with van der Waals surface area (Å²) in [4.78, 5) is 17.6. The van der Waals surface area contributed by atoms with Gasteiger partial charge in [0, 0.05) is 24.8 Å². The van der Waals surface area contributed by atoms with E-state index < -0.39 is 0 Å². The molecule has 2 aliphatic rings. The van der Waals surface area contributed by atoms with E-state index in [0.717, 1.165) is 51.2 Å². The molecule has 2 aliphatic heterocycles. The molecule has 6 heteroatoms. The summed E-state index contributed by atoms with van der Waals surface area (Å²) in [6.07, 6.45) is 3.21. The van der Waals surface area contributed by atoms with Crippen LogP contribution < -0.4 is 10.1 Å². The van der Waals surface area contributed by atoms with Crippen molar-refractivity contribution < 1.29 is 13.9 Å². The maximum Gasteiger partial charge on any atom is 0.228 e. The molecule has 2 aromatic rings. The molecule has 31 heavy (non-hydrogen) atoms. The van der Waals surface area contributed by atoms with Crippen LogP contribution in [0.3, 0.4) is 0 Å². The average Bonchev–Trinajstić information content (AvgIpc) is 3.18. The van der Waals surface area contributed by atoms with Gasteiger partial charge in [-0.2, -0.15) is 0 Å². The maximum absolute atomic E-state index is 13.1. The third kappa shape index (κ3) is 5.43. The zero-order valence-corrected chi connectivity index (χ0v) is 18.4. The van der Waals surface area contributed by atoms with Gasteiger partial charge in [0.2, 0.25) is 5.91 Å². The fourth-order valence-electron chi connectivity index (χ4n) is 5.07. The standard InChI is InChI=1S/C25H32FN3O2/c1-28-17-20(25(30)27-22-8-6-21(26)7-9-22)15-24(28)19-10-12-29(13-11-19)16-18-4-3-5-23(14-18)31-2/h3-9,14,19-20,24H,10-13,15-17H2,1-2H3,(H,27,30)/t20-,24+/m0/s1. The molecule has 2 saturated heterocycles. The summed E-state index contributed by atoms with van der Waals surface area (Å²) in [7, 11) is 3.84. The second-order valence-corrected chi connectivity index (χ2v) is 8.90. The van der Waals surface area contributed by atoms with Gasteiger partial charge in [0.1, 0.15) is 11.6 Å². The van der Waals surface area contributed by atoms with Gasteiger partial charge in [-0.1, -0.05) is 12.1 Å². The number of carbonyl (C=O) groups excluding carboxylic acids is 1. The number of amides is 1. The van der Waals surface area contributed by atoms with Crippen LogP contribution in [-0.4, -0.2) is 55.5 Å². The minimum absolute atomic E-state index is 0.0186. The molecule has 2 fully saturated rings. The third-order valence-corrected chi connectivity index (χ3v) is 6.80.